The minimum Gasteiger partial charge on any atom is -0.349 e. The smallest absolute Gasteiger partial charge is 0.255 e. The van der Waals surface area contributed by atoms with Crippen LogP contribution in [-0.4, -0.2) is 35.7 Å². The molecule has 1 saturated carbocycles. The molecule has 0 spiro atoms. The lowest BCUT2D eigenvalue weighted by molar-refractivity contribution is -0.137. The highest BCUT2D eigenvalue weighted by atomic mass is 16.2. The molecule has 3 amide bonds. The van der Waals surface area contributed by atoms with E-state index in [4.69, 9.17) is 0 Å². The summed E-state index contributed by atoms with van der Waals surface area (Å²) in [6, 6.07) is 16.4. The normalized spacial score (nSPS) is 19.4. The Morgan fingerprint density at radius 1 is 0.968 bits per heavy atom. The number of amides is 3. The predicted molar refractivity (Wildman–Crippen MR) is 119 cm³/mol. The highest BCUT2D eigenvalue weighted by Crippen LogP contribution is 2.32. The van der Waals surface area contributed by atoms with E-state index in [9.17, 15) is 14.4 Å². The van der Waals surface area contributed by atoms with Gasteiger partial charge in [0.15, 0.2) is 0 Å². The summed E-state index contributed by atoms with van der Waals surface area (Å²) in [5.74, 6) is 0.0541. The first-order valence-electron chi connectivity index (χ1n) is 11.1. The lowest BCUT2D eigenvalue weighted by Crippen LogP contribution is -2.46. The summed E-state index contributed by atoms with van der Waals surface area (Å²) in [5, 5.41) is 6.00. The second kappa shape index (κ2) is 9.33. The highest BCUT2D eigenvalue weighted by molar-refractivity contribution is 6.04. The van der Waals surface area contributed by atoms with Crippen molar-refractivity contribution in [1.29, 1.82) is 0 Å². The van der Waals surface area contributed by atoms with Crippen molar-refractivity contribution >= 4 is 23.4 Å². The van der Waals surface area contributed by atoms with Crippen molar-refractivity contribution in [2.24, 2.45) is 11.8 Å². The Labute approximate surface area is 183 Å². The van der Waals surface area contributed by atoms with E-state index < -0.39 is 0 Å². The molecule has 31 heavy (non-hydrogen) atoms. The maximum absolute atomic E-state index is 12.9. The quantitative estimate of drug-likeness (QED) is 0.748. The molecule has 1 heterocycles. The van der Waals surface area contributed by atoms with Gasteiger partial charge in [-0.1, -0.05) is 30.3 Å². The summed E-state index contributed by atoms with van der Waals surface area (Å²) in [6.07, 6.45) is 3.65. The molecule has 0 bridgehead atoms. The predicted octanol–water partition coefficient (Wildman–Crippen LogP) is 3.76. The molecule has 2 fully saturated rings. The standard InChI is InChI=1S/C25H29N3O3/c1-17(26-24(30)21-10-6-14-28(16-21)25(31)19-12-13-19)20-9-5-11-22(15-20)27-23(29)18-7-3-2-4-8-18/h2-5,7-9,11,15,17,19,21H,6,10,12-14,16H2,1H3,(H,26,30)(H,27,29). The molecule has 1 aliphatic carbocycles. The molecule has 1 saturated heterocycles. The molecule has 4 rings (SSSR count). The minimum atomic E-state index is -0.199. The zero-order valence-electron chi connectivity index (χ0n) is 17.8. The van der Waals surface area contributed by atoms with Crippen molar-refractivity contribution in [3.63, 3.8) is 0 Å². The molecule has 2 atom stereocenters. The van der Waals surface area contributed by atoms with Gasteiger partial charge in [-0.05, 0) is 62.4 Å². The number of piperidine rings is 1. The Morgan fingerprint density at radius 3 is 2.48 bits per heavy atom. The zero-order chi connectivity index (χ0) is 21.8. The minimum absolute atomic E-state index is 0.0143. The number of nitrogens with one attached hydrogen (secondary N) is 2. The van der Waals surface area contributed by atoms with Gasteiger partial charge in [0.2, 0.25) is 11.8 Å². The Hall–Kier alpha value is -3.15. The molecule has 2 aromatic carbocycles. The summed E-state index contributed by atoms with van der Waals surface area (Å²) < 4.78 is 0. The number of rotatable bonds is 6. The van der Waals surface area contributed by atoms with Crippen LogP contribution in [0.1, 0.15) is 54.6 Å². The van der Waals surface area contributed by atoms with E-state index >= 15 is 0 Å². The Kier molecular flexibility index (Phi) is 6.35. The third-order valence-corrected chi connectivity index (χ3v) is 6.07. The molecule has 2 unspecified atom stereocenters. The summed E-state index contributed by atoms with van der Waals surface area (Å²) >= 11 is 0. The van der Waals surface area contributed by atoms with Gasteiger partial charge in [0.05, 0.1) is 12.0 Å². The van der Waals surface area contributed by atoms with Gasteiger partial charge in [-0.2, -0.15) is 0 Å². The summed E-state index contributed by atoms with van der Waals surface area (Å²) in [6.45, 7) is 3.21. The molecule has 1 aliphatic heterocycles. The van der Waals surface area contributed by atoms with Crippen molar-refractivity contribution in [2.75, 3.05) is 18.4 Å². The molecule has 6 nitrogen and oxygen atoms in total. The van der Waals surface area contributed by atoms with Crippen LogP contribution >= 0.6 is 0 Å². The maximum Gasteiger partial charge on any atom is 0.255 e. The van der Waals surface area contributed by atoms with Crippen LogP contribution in [0.15, 0.2) is 54.6 Å². The van der Waals surface area contributed by atoms with Gasteiger partial charge in [0, 0.05) is 30.3 Å². The number of hydrogen-bond donors (Lipinski definition) is 2. The van der Waals surface area contributed by atoms with Gasteiger partial charge >= 0.3 is 0 Å². The summed E-state index contributed by atoms with van der Waals surface area (Å²) in [7, 11) is 0. The third-order valence-electron chi connectivity index (χ3n) is 6.07. The van der Waals surface area contributed by atoms with E-state index in [0.29, 0.717) is 17.8 Å². The first-order valence-corrected chi connectivity index (χ1v) is 11.1. The molecule has 6 heteroatoms. The van der Waals surface area contributed by atoms with Crippen LogP contribution in [0, 0.1) is 11.8 Å². The van der Waals surface area contributed by atoms with Crippen LogP contribution < -0.4 is 10.6 Å². The van der Waals surface area contributed by atoms with Gasteiger partial charge in [0.1, 0.15) is 0 Å². The second-order valence-electron chi connectivity index (χ2n) is 8.57. The molecule has 2 N–H and O–H groups in total. The first kappa shape index (κ1) is 21.1. The fourth-order valence-electron chi connectivity index (χ4n) is 4.07. The van der Waals surface area contributed by atoms with Crippen molar-refractivity contribution in [2.45, 2.75) is 38.6 Å². The number of carbonyl (C=O) groups excluding carboxylic acids is 3. The van der Waals surface area contributed by atoms with Gasteiger partial charge in [-0.3, -0.25) is 14.4 Å². The van der Waals surface area contributed by atoms with Gasteiger partial charge in [-0.25, -0.2) is 0 Å². The van der Waals surface area contributed by atoms with Gasteiger partial charge < -0.3 is 15.5 Å². The van der Waals surface area contributed by atoms with E-state index in [2.05, 4.69) is 10.6 Å². The Morgan fingerprint density at radius 2 is 1.74 bits per heavy atom. The van der Waals surface area contributed by atoms with Crippen molar-refractivity contribution < 1.29 is 14.4 Å². The van der Waals surface area contributed by atoms with Crippen LogP contribution in [0.4, 0.5) is 5.69 Å². The molecular weight excluding hydrogens is 390 g/mol. The largest absolute Gasteiger partial charge is 0.349 e. The number of nitrogens with zero attached hydrogens (tertiary/aromatic N) is 1. The van der Waals surface area contributed by atoms with E-state index in [1.807, 2.05) is 54.3 Å². The number of likely N-dealkylation sites (tertiary alicyclic amines) is 1. The second-order valence-corrected chi connectivity index (χ2v) is 8.57. The lowest BCUT2D eigenvalue weighted by Gasteiger charge is -2.33. The van der Waals surface area contributed by atoms with Crippen molar-refractivity contribution in [1.82, 2.24) is 10.2 Å². The van der Waals surface area contributed by atoms with E-state index in [0.717, 1.165) is 37.8 Å². The number of carbonyl (C=O) groups is 3. The van der Waals surface area contributed by atoms with E-state index in [-0.39, 0.29) is 35.6 Å². The van der Waals surface area contributed by atoms with Crippen LogP contribution in [-0.2, 0) is 9.59 Å². The average molecular weight is 420 g/mol. The van der Waals surface area contributed by atoms with Crippen LogP contribution in [0.5, 0.6) is 0 Å². The van der Waals surface area contributed by atoms with E-state index in [1.54, 1.807) is 12.1 Å². The monoisotopic (exact) mass is 419 g/mol. The number of benzene rings is 2. The van der Waals surface area contributed by atoms with Gasteiger partial charge in [0.25, 0.3) is 5.91 Å². The third kappa shape index (κ3) is 5.32. The number of anilines is 1. The number of hydrogen-bond acceptors (Lipinski definition) is 3. The van der Waals surface area contributed by atoms with E-state index in [1.165, 1.54) is 0 Å². The Balaban J connectivity index is 1.35. The summed E-state index contributed by atoms with van der Waals surface area (Å²) in [5.41, 5.74) is 2.20. The molecule has 0 radical (unpaired) electrons. The molecular formula is C25H29N3O3. The molecule has 2 aliphatic rings. The maximum atomic E-state index is 12.9. The SMILES string of the molecule is CC(NC(=O)C1CCCN(C(=O)C2CC2)C1)c1cccc(NC(=O)c2ccccc2)c1. The highest BCUT2D eigenvalue weighted by Gasteiger charge is 2.36. The molecule has 2 aromatic rings. The fraction of sp³-hybridized carbons (Fsp3) is 0.400. The Bertz CT molecular complexity index is 955. The molecule has 162 valence electrons. The van der Waals surface area contributed by atoms with Crippen LogP contribution in [0.2, 0.25) is 0 Å². The summed E-state index contributed by atoms with van der Waals surface area (Å²) in [4.78, 5) is 39.5. The van der Waals surface area contributed by atoms with Crippen molar-refractivity contribution in [3.05, 3.63) is 65.7 Å². The first-order chi connectivity index (χ1) is 15.0. The average Bonchev–Trinajstić information content (AvgIpc) is 3.65. The van der Waals surface area contributed by atoms with Gasteiger partial charge in [-0.15, -0.1) is 0 Å². The van der Waals surface area contributed by atoms with Crippen LogP contribution in [0.3, 0.4) is 0 Å². The topological polar surface area (TPSA) is 78.5 Å². The lowest BCUT2D eigenvalue weighted by atomic mass is 9.96. The molecule has 0 aromatic heterocycles. The van der Waals surface area contributed by atoms with Crippen molar-refractivity contribution in [3.8, 4) is 0 Å². The van der Waals surface area contributed by atoms with Crippen LogP contribution in [0.25, 0.3) is 0 Å². The fourth-order valence-corrected chi connectivity index (χ4v) is 4.07. The zero-order valence-corrected chi connectivity index (χ0v) is 17.8.